The summed E-state index contributed by atoms with van der Waals surface area (Å²) in [5, 5.41) is 5.11. The molecule has 1 aromatic heterocycles. The van der Waals surface area contributed by atoms with Gasteiger partial charge < -0.3 is 4.90 Å². The van der Waals surface area contributed by atoms with Gasteiger partial charge in [-0.25, -0.2) is 0 Å². The third-order valence-corrected chi connectivity index (χ3v) is 7.47. The van der Waals surface area contributed by atoms with E-state index in [1.807, 2.05) is 11.3 Å². The van der Waals surface area contributed by atoms with E-state index in [4.69, 9.17) is 0 Å². The minimum atomic E-state index is 1.18. The quantitative estimate of drug-likeness (QED) is 0.263. The Kier molecular flexibility index (Phi) is 4.93. The molecule has 5 aromatic carbocycles. The van der Waals surface area contributed by atoms with E-state index in [1.54, 1.807) is 0 Å². The van der Waals surface area contributed by atoms with Crippen molar-refractivity contribution in [3.63, 3.8) is 0 Å². The van der Waals surface area contributed by atoms with Gasteiger partial charge in [0.1, 0.15) is 0 Å². The summed E-state index contributed by atoms with van der Waals surface area (Å²) in [5.74, 6) is 0. The summed E-state index contributed by atoms with van der Waals surface area (Å²) in [6.07, 6.45) is 0. The summed E-state index contributed by atoms with van der Waals surface area (Å²) in [7, 11) is 2.15. The first-order chi connectivity index (χ1) is 16.3. The van der Waals surface area contributed by atoms with Gasteiger partial charge in [0, 0.05) is 33.6 Å². The molecule has 0 saturated carbocycles. The number of hydrogen-bond donors (Lipinski definition) is 0. The number of benzene rings is 5. The molecule has 158 valence electrons. The largest absolute Gasteiger partial charge is 0.344 e. The van der Waals surface area contributed by atoms with Crippen molar-refractivity contribution in [2.24, 2.45) is 0 Å². The van der Waals surface area contributed by atoms with Gasteiger partial charge in [-0.15, -0.1) is 11.3 Å². The molecule has 0 aliphatic rings. The Balaban J connectivity index is 1.38. The maximum Gasteiger partial charge on any atom is 0.0487 e. The lowest BCUT2D eigenvalue weighted by atomic mass is 10.0. The van der Waals surface area contributed by atoms with Gasteiger partial charge in [0.2, 0.25) is 0 Å². The van der Waals surface area contributed by atoms with Crippen LogP contribution in [0.5, 0.6) is 0 Å². The molecule has 0 unspecified atom stereocenters. The Hall–Kier alpha value is -3.88. The van der Waals surface area contributed by atoms with Gasteiger partial charge in [0.25, 0.3) is 0 Å². The average molecular weight is 442 g/mol. The summed E-state index contributed by atoms with van der Waals surface area (Å²) in [4.78, 5) is 4.87. The van der Waals surface area contributed by atoms with E-state index in [0.29, 0.717) is 0 Å². The van der Waals surface area contributed by atoms with Gasteiger partial charge in [0.05, 0.1) is 0 Å². The van der Waals surface area contributed by atoms with Crippen LogP contribution in [0.4, 0.5) is 11.4 Å². The van der Waals surface area contributed by atoms with Crippen LogP contribution in [-0.2, 0) is 0 Å². The fourth-order valence-electron chi connectivity index (χ4n) is 4.59. The molecule has 1 nitrogen and oxygen atoms in total. The Labute approximate surface area is 198 Å². The number of hydrogen-bond acceptors (Lipinski definition) is 2. The Morgan fingerprint density at radius 3 is 2.03 bits per heavy atom. The smallest absolute Gasteiger partial charge is 0.0487 e. The van der Waals surface area contributed by atoms with E-state index < -0.39 is 0 Å². The summed E-state index contributed by atoms with van der Waals surface area (Å²) in [5.41, 5.74) is 4.95. The maximum atomic E-state index is 2.29. The van der Waals surface area contributed by atoms with Crippen molar-refractivity contribution in [1.29, 1.82) is 0 Å². The SMILES string of the molecule is CN(c1cccc(-c2ccc(-c3cccc4ccccc34)s2)c1)c1cccc2ccccc12. The van der Waals surface area contributed by atoms with Crippen LogP contribution >= 0.6 is 11.3 Å². The van der Waals surface area contributed by atoms with Gasteiger partial charge >= 0.3 is 0 Å². The number of fused-ring (bicyclic) bond motifs is 2. The van der Waals surface area contributed by atoms with Crippen LogP contribution < -0.4 is 4.90 Å². The van der Waals surface area contributed by atoms with Crippen LogP contribution in [0.25, 0.3) is 42.4 Å². The van der Waals surface area contributed by atoms with Crippen molar-refractivity contribution in [3.8, 4) is 20.9 Å². The number of rotatable bonds is 4. The predicted molar refractivity (Wildman–Crippen MR) is 145 cm³/mol. The molecule has 6 aromatic rings. The highest BCUT2D eigenvalue weighted by molar-refractivity contribution is 7.18. The maximum absolute atomic E-state index is 2.29. The first kappa shape index (κ1) is 19.8. The van der Waals surface area contributed by atoms with E-state index in [2.05, 4.69) is 133 Å². The molecule has 2 heteroatoms. The zero-order valence-corrected chi connectivity index (χ0v) is 19.2. The minimum absolute atomic E-state index is 1.18. The van der Waals surface area contributed by atoms with Crippen LogP contribution in [0.15, 0.2) is 121 Å². The van der Waals surface area contributed by atoms with Gasteiger partial charge in [-0.3, -0.25) is 0 Å². The molecule has 0 amide bonds. The second-order valence-electron chi connectivity index (χ2n) is 8.30. The van der Waals surface area contributed by atoms with Crippen molar-refractivity contribution >= 4 is 44.3 Å². The van der Waals surface area contributed by atoms with Gasteiger partial charge in [-0.05, 0) is 57.6 Å². The van der Waals surface area contributed by atoms with Crippen LogP contribution in [0, 0.1) is 0 Å². The third kappa shape index (κ3) is 3.59. The monoisotopic (exact) mass is 441 g/mol. The molecule has 0 spiro atoms. The molecule has 0 fully saturated rings. The van der Waals surface area contributed by atoms with Crippen LogP contribution in [-0.4, -0.2) is 7.05 Å². The molecule has 0 aliphatic heterocycles. The Morgan fingerprint density at radius 2 is 1.18 bits per heavy atom. The summed E-state index contributed by atoms with van der Waals surface area (Å²) in [6, 6.07) is 43.6. The fourth-order valence-corrected chi connectivity index (χ4v) is 5.63. The Bertz CT molecular complexity index is 1580. The van der Waals surface area contributed by atoms with Crippen molar-refractivity contribution < 1.29 is 0 Å². The van der Waals surface area contributed by atoms with Crippen LogP contribution in [0.2, 0.25) is 0 Å². The zero-order valence-electron chi connectivity index (χ0n) is 18.4. The lowest BCUT2D eigenvalue weighted by Gasteiger charge is -2.22. The zero-order chi connectivity index (χ0) is 22.2. The third-order valence-electron chi connectivity index (χ3n) is 6.31. The average Bonchev–Trinajstić information content (AvgIpc) is 3.38. The van der Waals surface area contributed by atoms with E-state index in [9.17, 15) is 0 Å². The lowest BCUT2D eigenvalue weighted by molar-refractivity contribution is 1.22. The van der Waals surface area contributed by atoms with E-state index in [1.165, 1.54) is 53.8 Å². The molecule has 0 bridgehead atoms. The first-order valence-electron chi connectivity index (χ1n) is 11.2. The standard InChI is InChI=1S/C31H23NS/c1-32(29-18-8-12-23-10-3-5-16-27(23)29)25-14-6-13-24(21-25)30-19-20-31(33-30)28-17-7-11-22-9-2-4-15-26(22)28/h2-21H,1H3. The van der Waals surface area contributed by atoms with Gasteiger partial charge in [-0.2, -0.15) is 0 Å². The highest BCUT2D eigenvalue weighted by atomic mass is 32.1. The summed E-state index contributed by atoms with van der Waals surface area (Å²) < 4.78 is 0. The fraction of sp³-hybridized carbons (Fsp3) is 0.0323. The van der Waals surface area contributed by atoms with E-state index >= 15 is 0 Å². The van der Waals surface area contributed by atoms with E-state index in [-0.39, 0.29) is 0 Å². The van der Waals surface area contributed by atoms with Crippen molar-refractivity contribution in [3.05, 3.63) is 121 Å². The van der Waals surface area contributed by atoms with Crippen LogP contribution in [0.1, 0.15) is 0 Å². The number of thiophene rings is 1. The molecule has 0 saturated heterocycles. The molecular weight excluding hydrogens is 418 g/mol. The van der Waals surface area contributed by atoms with Gasteiger partial charge in [0.15, 0.2) is 0 Å². The normalized spacial score (nSPS) is 11.2. The topological polar surface area (TPSA) is 3.24 Å². The molecule has 0 N–H and O–H groups in total. The van der Waals surface area contributed by atoms with E-state index in [0.717, 1.165) is 0 Å². The molecule has 6 rings (SSSR count). The highest BCUT2D eigenvalue weighted by Crippen LogP contribution is 2.39. The number of nitrogens with zero attached hydrogens (tertiary/aromatic N) is 1. The molecule has 1 heterocycles. The summed E-state index contributed by atoms with van der Waals surface area (Å²) >= 11 is 1.85. The van der Waals surface area contributed by atoms with Crippen molar-refractivity contribution in [2.75, 3.05) is 11.9 Å². The first-order valence-corrected chi connectivity index (χ1v) is 12.0. The van der Waals surface area contributed by atoms with Crippen LogP contribution in [0.3, 0.4) is 0 Å². The molecule has 33 heavy (non-hydrogen) atoms. The molecule has 0 aliphatic carbocycles. The number of anilines is 2. The van der Waals surface area contributed by atoms with Crippen molar-refractivity contribution in [1.82, 2.24) is 0 Å². The second-order valence-corrected chi connectivity index (χ2v) is 9.38. The van der Waals surface area contributed by atoms with Gasteiger partial charge in [-0.1, -0.05) is 91.0 Å². The summed E-state index contributed by atoms with van der Waals surface area (Å²) in [6.45, 7) is 0. The Morgan fingerprint density at radius 1 is 0.545 bits per heavy atom. The van der Waals surface area contributed by atoms with Crippen molar-refractivity contribution in [2.45, 2.75) is 0 Å². The molecule has 0 radical (unpaired) electrons. The minimum Gasteiger partial charge on any atom is -0.344 e. The highest BCUT2D eigenvalue weighted by Gasteiger charge is 2.11. The lowest BCUT2D eigenvalue weighted by Crippen LogP contribution is -2.09. The predicted octanol–water partition coefficient (Wildman–Crippen LogP) is 9.16. The molecule has 0 atom stereocenters. The second kappa shape index (κ2) is 8.23. The molecular formula is C31H23NS.